The molecule has 3 aromatic rings. The second-order valence-electron chi connectivity index (χ2n) is 6.15. The Morgan fingerprint density at radius 3 is 2.67 bits per heavy atom. The zero-order valence-electron chi connectivity index (χ0n) is 15.9. The summed E-state index contributed by atoms with van der Waals surface area (Å²) >= 11 is 24.2. The van der Waals surface area contributed by atoms with Crippen molar-refractivity contribution in [2.75, 3.05) is 17.7 Å². The first kappa shape index (κ1) is 22.6. The molecule has 0 aliphatic heterocycles. The minimum atomic E-state index is -1.84. The van der Waals surface area contributed by atoms with E-state index in [1.807, 2.05) is 6.07 Å². The van der Waals surface area contributed by atoms with E-state index in [1.54, 1.807) is 38.4 Å². The number of aromatic nitrogens is 3. The minimum Gasteiger partial charge on any atom is -0.495 e. The lowest BCUT2D eigenvalue weighted by Gasteiger charge is -2.26. The van der Waals surface area contributed by atoms with Crippen molar-refractivity contribution in [1.82, 2.24) is 20.3 Å². The van der Waals surface area contributed by atoms with Gasteiger partial charge in [-0.1, -0.05) is 53.3 Å². The number of alkyl halides is 3. The number of hydrogen-bond donors (Lipinski definition) is 4. The van der Waals surface area contributed by atoms with Crippen molar-refractivity contribution in [1.29, 1.82) is 0 Å². The number of fused-ring (bicyclic) bond motifs is 1. The van der Waals surface area contributed by atoms with Crippen LogP contribution in [-0.4, -0.2) is 37.9 Å². The molecule has 0 radical (unpaired) electrons. The normalized spacial score (nSPS) is 12.5. The van der Waals surface area contributed by atoms with E-state index in [9.17, 15) is 4.79 Å². The number of aromatic amines is 1. The van der Waals surface area contributed by atoms with Crippen molar-refractivity contribution >= 4 is 80.8 Å². The number of methoxy groups -OCH3 is 1. The second kappa shape index (κ2) is 9.34. The molecule has 2 heterocycles. The molecule has 0 saturated carbocycles. The number of benzene rings is 1. The third-order valence-corrected chi connectivity index (χ3v) is 5.01. The Bertz CT molecular complexity index is 1050. The van der Waals surface area contributed by atoms with Gasteiger partial charge in [-0.15, -0.1) is 0 Å². The summed E-state index contributed by atoms with van der Waals surface area (Å²) in [6.07, 6.45) is 0.895. The summed E-state index contributed by atoms with van der Waals surface area (Å²) < 4.78 is 3.33. The second-order valence-corrected chi connectivity index (χ2v) is 8.93. The first-order valence-electron chi connectivity index (χ1n) is 8.79. The Labute approximate surface area is 192 Å². The van der Waals surface area contributed by atoms with Crippen molar-refractivity contribution in [2.24, 2.45) is 0 Å². The highest BCUT2D eigenvalue weighted by Gasteiger charge is 2.34. The maximum atomic E-state index is 11.8. The third kappa shape index (κ3) is 5.31. The smallest absolute Gasteiger partial charge is 0.228 e. The van der Waals surface area contributed by atoms with Crippen LogP contribution in [0, 0.1) is 0 Å². The van der Waals surface area contributed by atoms with Crippen LogP contribution in [0.4, 0.5) is 17.5 Å². The Kier molecular flexibility index (Phi) is 7.02. The standard InChI is InChI=1S/C18H18Cl4N6O2/c1-3-13(29)25-16(18(20,21)22)28-17-26-14-10(6-7-23-14)15(27-17)24-9-4-5-12(30-2)11(19)8-9/h4-8,16H,3H2,1-2H3,(H,25,29)(H3,23,24,26,27,28). The first-order chi connectivity index (χ1) is 14.2. The van der Waals surface area contributed by atoms with Gasteiger partial charge in [0.1, 0.15) is 23.4 Å². The summed E-state index contributed by atoms with van der Waals surface area (Å²) in [6.45, 7) is 1.69. The molecular formula is C18H18Cl4N6O2. The van der Waals surface area contributed by atoms with E-state index >= 15 is 0 Å². The maximum Gasteiger partial charge on any atom is 0.228 e. The molecule has 160 valence electrons. The molecule has 8 nitrogen and oxygen atoms in total. The van der Waals surface area contributed by atoms with Gasteiger partial charge in [-0.2, -0.15) is 9.97 Å². The van der Waals surface area contributed by atoms with Gasteiger partial charge in [-0.05, 0) is 24.3 Å². The Balaban J connectivity index is 1.93. The number of ether oxygens (including phenoxy) is 1. The molecule has 0 fully saturated rings. The van der Waals surface area contributed by atoms with E-state index in [4.69, 9.17) is 51.1 Å². The molecule has 0 aliphatic rings. The van der Waals surface area contributed by atoms with Crippen LogP contribution in [-0.2, 0) is 4.79 Å². The van der Waals surface area contributed by atoms with E-state index in [-0.39, 0.29) is 18.3 Å². The molecule has 1 unspecified atom stereocenters. The maximum absolute atomic E-state index is 11.8. The Morgan fingerprint density at radius 2 is 2.03 bits per heavy atom. The summed E-state index contributed by atoms with van der Waals surface area (Å²) in [5, 5.41) is 9.83. The largest absolute Gasteiger partial charge is 0.495 e. The highest BCUT2D eigenvalue weighted by atomic mass is 35.6. The Hall–Kier alpha value is -2.13. The number of carbonyl (C=O) groups is 1. The van der Waals surface area contributed by atoms with Gasteiger partial charge in [0.15, 0.2) is 0 Å². The summed E-state index contributed by atoms with van der Waals surface area (Å²) in [4.78, 5) is 23.7. The van der Waals surface area contributed by atoms with E-state index in [0.717, 1.165) is 5.39 Å². The first-order valence-corrected chi connectivity index (χ1v) is 10.3. The zero-order chi connectivity index (χ0) is 21.9. The number of H-pyrrole nitrogens is 1. The van der Waals surface area contributed by atoms with Crippen molar-refractivity contribution in [3.8, 4) is 5.75 Å². The number of nitrogens with zero attached hydrogens (tertiary/aromatic N) is 2. The fourth-order valence-electron chi connectivity index (χ4n) is 2.57. The summed E-state index contributed by atoms with van der Waals surface area (Å²) in [5.41, 5.74) is 1.23. The van der Waals surface area contributed by atoms with Gasteiger partial charge < -0.3 is 25.7 Å². The monoisotopic (exact) mass is 490 g/mol. The van der Waals surface area contributed by atoms with Gasteiger partial charge >= 0.3 is 0 Å². The lowest BCUT2D eigenvalue weighted by atomic mass is 10.3. The summed E-state index contributed by atoms with van der Waals surface area (Å²) in [5.74, 6) is 0.872. The van der Waals surface area contributed by atoms with Crippen LogP contribution in [0.15, 0.2) is 30.5 Å². The predicted molar refractivity (Wildman–Crippen MR) is 121 cm³/mol. The van der Waals surface area contributed by atoms with Gasteiger partial charge in [0.05, 0.1) is 17.5 Å². The molecule has 4 N–H and O–H groups in total. The fourth-order valence-corrected chi connectivity index (χ4v) is 3.16. The van der Waals surface area contributed by atoms with Crippen LogP contribution in [0.2, 0.25) is 5.02 Å². The zero-order valence-corrected chi connectivity index (χ0v) is 18.9. The Morgan fingerprint density at radius 1 is 1.27 bits per heavy atom. The number of nitrogens with one attached hydrogen (secondary N) is 4. The average molecular weight is 492 g/mol. The molecule has 0 aliphatic carbocycles. The number of amides is 1. The van der Waals surface area contributed by atoms with Crippen LogP contribution < -0.4 is 20.7 Å². The fraction of sp³-hybridized carbons (Fsp3) is 0.278. The topological polar surface area (TPSA) is 104 Å². The molecule has 1 amide bonds. The van der Waals surface area contributed by atoms with Crippen molar-refractivity contribution in [3.05, 3.63) is 35.5 Å². The highest BCUT2D eigenvalue weighted by Crippen LogP contribution is 2.33. The molecular weight excluding hydrogens is 474 g/mol. The molecule has 12 heteroatoms. The molecule has 0 spiro atoms. The van der Waals surface area contributed by atoms with Crippen LogP contribution in [0.3, 0.4) is 0 Å². The minimum absolute atomic E-state index is 0.139. The molecule has 30 heavy (non-hydrogen) atoms. The highest BCUT2D eigenvalue weighted by molar-refractivity contribution is 6.68. The molecule has 0 saturated heterocycles. The van der Waals surface area contributed by atoms with Gasteiger partial charge in [0.25, 0.3) is 0 Å². The number of hydrogen-bond acceptors (Lipinski definition) is 6. The van der Waals surface area contributed by atoms with Gasteiger partial charge in [0.2, 0.25) is 15.6 Å². The van der Waals surface area contributed by atoms with Crippen LogP contribution in [0.1, 0.15) is 13.3 Å². The number of rotatable bonds is 7. The van der Waals surface area contributed by atoms with Crippen molar-refractivity contribution in [2.45, 2.75) is 23.3 Å². The summed E-state index contributed by atoms with van der Waals surface area (Å²) in [7, 11) is 1.54. The van der Waals surface area contributed by atoms with Crippen LogP contribution in [0.25, 0.3) is 11.0 Å². The van der Waals surface area contributed by atoms with Crippen molar-refractivity contribution < 1.29 is 9.53 Å². The average Bonchev–Trinajstić information content (AvgIpc) is 3.15. The third-order valence-electron chi connectivity index (χ3n) is 4.06. The predicted octanol–water partition coefficient (Wildman–Crippen LogP) is 5.00. The quantitative estimate of drug-likeness (QED) is 0.274. The molecule has 1 atom stereocenters. The number of anilines is 3. The van der Waals surface area contributed by atoms with E-state index in [1.165, 1.54) is 0 Å². The lowest BCUT2D eigenvalue weighted by molar-refractivity contribution is -0.121. The SMILES string of the molecule is CCC(=O)NC(Nc1nc(Nc2ccc(OC)c(Cl)c2)c2cc[nH]c2n1)C(Cl)(Cl)Cl. The molecule has 0 bridgehead atoms. The van der Waals surface area contributed by atoms with Crippen molar-refractivity contribution in [3.63, 3.8) is 0 Å². The molecule has 2 aromatic heterocycles. The van der Waals surface area contributed by atoms with Crippen LogP contribution >= 0.6 is 46.4 Å². The van der Waals surface area contributed by atoms with Crippen LogP contribution in [0.5, 0.6) is 5.75 Å². The molecule has 1 aromatic carbocycles. The molecule has 3 rings (SSSR count). The number of halogens is 4. The van der Waals surface area contributed by atoms with E-state index < -0.39 is 9.96 Å². The van der Waals surface area contributed by atoms with Gasteiger partial charge in [0, 0.05) is 18.3 Å². The summed E-state index contributed by atoms with van der Waals surface area (Å²) in [6, 6.07) is 7.06. The number of carbonyl (C=O) groups excluding carboxylic acids is 1. The lowest BCUT2D eigenvalue weighted by Crippen LogP contribution is -2.49. The van der Waals surface area contributed by atoms with Gasteiger partial charge in [-0.3, -0.25) is 4.79 Å². The van der Waals surface area contributed by atoms with Gasteiger partial charge in [-0.25, -0.2) is 0 Å². The van der Waals surface area contributed by atoms with E-state index in [2.05, 4.69) is 30.9 Å². The van der Waals surface area contributed by atoms with E-state index in [0.29, 0.717) is 27.9 Å².